The lowest BCUT2D eigenvalue weighted by atomic mass is 10.3. The molecule has 0 unspecified atom stereocenters. The zero-order valence-corrected chi connectivity index (χ0v) is 12.1. The van der Waals surface area contributed by atoms with Crippen LogP contribution >= 0.6 is 11.3 Å². The normalized spacial score (nSPS) is 10.8. The lowest BCUT2D eigenvalue weighted by Crippen LogP contribution is -2.20. The third-order valence-electron chi connectivity index (χ3n) is 2.63. The molecule has 0 radical (unpaired) electrons. The maximum Gasteiger partial charge on any atom is 0.325 e. The van der Waals surface area contributed by atoms with Crippen molar-refractivity contribution in [3.8, 4) is 0 Å². The summed E-state index contributed by atoms with van der Waals surface area (Å²) in [7, 11) is 0. The average molecular weight is 280 g/mol. The number of nitrogens with one attached hydrogen (secondary N) is 2. The highest BCUT2D eigenvalue weighted by Crippen LogP contribution is 2.22. The van der Waals surface area contributed by atoms with Crippen LogP contribution in [-0.2, 0) is 0 Å². The molecule has 0 saturated heterocycles. The highest BCUT2D eigenvalue weighted by molar-refractivity contribution is 7.13. The van der Waals surface area contributed by atoms with Gasteiger partial charge in [0.25, 0.3) is 0 Å². The largest absolute Gasteiger partial charge is 0.325 e. The van der Waals surface area contributed by atoms with Crippen LogP contribution in [0.5, 0.6) is 0 Å². The summed E-state index contributed by atoms with van der Waals surface area (Å²) in [5.74, 6) is 0. The molecule has 0 aromatic carbocycles. The summed E-state index contributed by atoms with van der Waals surface area (Å²) in [6.45, 7) is 7.89. The molecule has 0 aliphatic heterocycles. The number of aryl methyl sites for hydroxylation is 1. The number of hydrogen-bond acceptors (Lipinski definition) is 5. The first-order valence-corrected chi connectivity index (χ1v) is 6.77. The van der Waals surface area contributed by atoms with Gasteiger partial charge in [-0.15, -0.1) is 10.2 Å². The molecule has 0 bridgehead atoms. The molecule has 7 nitrogen and oxygen atoms in total. The first-order chi connectivity index (χ1) is 8.99. The Morgan fingerprint density at radius 1 is 1.37 bits per heavy atom. The fourth-order valence-corrected chi connectivity index (χ4v) is 2.26. The van der Waals surface area contributed by atoms with Crippen LogP contribution < -0.4 is 10.6 Å². The second kappa shape index (κ2) is 5.35. The molecule has 102 valence electrons. The Morgan fingerprint density at radius 2 is 2.11 bits per heavy atom. The topological polar surface area (TPSA) is 84.7 Å². The van der Waals surface area contributed by atoms with E-state index in [9.17, 15) is 4.79 Å². The fraction of sp³-hybridized carbons (Fsp3) is 0.455. The SMILES string of the molecule is Cc1nn(C(C)C)c(C)c1NC(=O)Nc1nncs1. The molecular weight excluding hydrogens is 264 g/mol. The third-order valence-corrected chi connectivity index (χ3v) is 3.24. The minimum absolute atomic E-state index is 0.250. The molecule has 0 aliphatic rings. The van der Waals surface area contributed by atoms with Gasteiger partial charge in [0.2, 0.25) is 5.13 Å². The van der Waals surface area contributed by atoms with Gasteiger partial charge in [-0.05, 0) is 27.7 Å². The summed E-state index contributed by atoms with van der Waals surface area (Å²) < 4.78 is 1.88. The van der Waals surface area contributed by atoms with Gasteiger partial charge in [-0.3, -0.25) is 10.00 Å². The summed E-state index contributed by atoms with van der Waals surface area (Å²) in [5, 5.41) is 17.7. The first-order valence-electron chi connectivity index (χ1n) is 5.89. The quantitative estimate of drug-likeness (QED) is 0.905. The molecule has 0 aliphatic carbocycles. The lowest BCUT2D eigenvalue weighted by molar-refractivity contribution is 0.262. The summed E-state index contributed by atoms with van der Waals surface area (Å²) in [4.78, 5) is 11.8. The Bertz CT molecular complexity index is 574. The minimum Gasteiger partial charge on any atom is -0.304 e. The third kappa shape index (κ3) is 2.90. The minimum atomic E-state index is -0.341. The van der Waals surface area contributed by atoms with Crippen LogP contribution in [0.4, 0.5) is 15.6 Å². The van der Waals surface area contributed by atoms with E-state index in [1.165, 1.54) is 11.3 Å². The van der Waals surface area contributed by atoms with Gasteiger partial charge in [0, 0.05) is 6.04 Å². The van der Waals surface area contributed by atoms with Crippen LogP contribution in [0.1, 0.15) is 31.3 Å². The number of nitrogens with zero attached hydrogens (tertiary/aromatic N) is 4. The molecule has 19 heavy (non-hydrogen) atoms. The van der Waals surface area contributed by atoms with E-state index in [0.29, 0.717) is 5.13 Å². The molecule has 2 rings (SSSR count). The standard InChI is InChI=1S/C11H16N6OS/c1-6(2)17-8(4)9(7(3)16-17)13-10(18)14-11-15-12-5-19-11/h5-6H,1-4H3,(H2,13,14,15,18). The smallest absolute Gasteiger partial charge is 0.304 e. The van der Waals surface area contributed by atoms with Crippen molar-refractivity contribution >= 4 is 28.2 Å². The predicted octanol–water partition coefficient (Wildman–Crippen LogP) is 2.58. The van der Waals surface area contributed by atoms with Crippen molar-refractivity contribution in [3.63, 3.8) is 0 Å². The molecule has 0 saturated carbocycles. The molecule has 2 amide bonds. The number of anilines is 2. The van der Waals surface area contributed by atoms with Gasteiger partial charge < -0.3 is 5.32 Å². The monoisotopic (exact) mass is 280 g/mol. The zero-order chi connectivity index (χ0) is 14.0. The van der Waals surface area contributed by atoms with Crippen molar-refractivity contribution in [2.45, 2.75) is 33.7 Å². The van der Waals surface area contributed by atoms with Crippen molar-refractivity contribution in [2.24, 2.45) is 0 Å². The molecule has 2 heterocycles. The molecular formula is C11H16N6OS. The predicted molar refractivity (Wildman–Crippen MR) is 74.6 cm³/mol. The van der Waals surface area contributed by atoms with Gasteiger partial charge in [0.1, 0.15) is 5.51 Å². The summed E-state index contributed by atoms with van der Waals surface area (Å²) in [5.41, 5.74) is 4.01. The van der Waals surface area contributed by atoms with Gasteiger partial charge in [0.15, 0.2) is 0 Å². The van der Waals surface area contributed by atoms with Crippen molar-refractivity contribution in [2.75, 3.05) is 10.6 Å². The van der Waals surface area contributed by atoms with Gasteiger partial charge in [0.05, 0.1) is 17.1 Å². The Labute approximate surface area is 115 Å². The molecule has 2 aromatic heterocycles. The van der Waals surface area contributed by atoms with Gasteiger partial charge in [-0.25, -0.2) is 4.79 Å². The van der Waals surface area contributed by atoms with Crippen LogP contribution in [-0.4, -0.2) is 26.0 Å². The molecule has 0 spiro atoms. The van der Waals surface area contributed by atoms with Crippen LogP contribution in [0, 0.1) is 13.8 Å². The number of carbonyl (C=O) groups is 1. The number of hydrogen-bond donors (Lipinski definition) is 2. The first kappa shape index (κ1) is 13.5. The van der Waals surface area contributed by atoms with Gasteiger partial charge >= 0.3 is 6.03 Å². The molecule has 0 fully saturated rings. The Hall–Kier alpha value is -1.96. The highest BCUT2D eigenvalue weighted by Gasteiger charge is 2.16. The maximum atomic E-state index is 11.8. The Balaban J connectivity index is 2.13. The second-order valence-corrected chi connectivity index (χ2v) is 5.24. The molecule has 0 atom stereocenters. The Morgan fingerprint density at radius 3 is 2.63 bits per heavy atom. The fourth-order valence-electron chi connectivity index (χ4n) is 1.82. The van der Waals surface area contributed by atoms with E-state index in [2.05, 4.69) is 25.9 Å². The summed E-state index contributed by atoms with van der Waals surface area (Å²) in [6.07, 6.45) is 0. The number of rotatable bonds is 3. The molecule has 2 N–H and O–H groups in total. The van der Waals surface area contributed by atoms with Gasteiger partial charge in [-0.2, -0.15) is 5.10 Å². The summed E-state index contributed by atoms with van der Waals surface area (Å²) in [6, 6.07) is -0.0910. The van der Waals surface area contributed by atoms with E-state index in [1.807, 2.05) is 32.4 Å². The van der Waals surface area contributed by atoms with E-state index in [0.717, 1.165) is 17.1 Å². The van der Waals surface area contributed by atoms with E-state index in [1.54, 1.807) is 5.51 Å². The summed E-state index contributed by atoms with van der Waals surface area (Å²) >= 11 is 1.27. The average Bonchev–Trinajstić information content (AvgIpc) is 2.92. The van der Waals surface area contributed by atoms with Crippen molar-refractivity contribution < 1.29 is 4.79 Å². The van der Waals surface area contributed by atoms with E-state index in [4.69, 9.17) is 0 Å². The van der Waals surface area contributed by atoms with Crippen LogP contribution in [0.2, 0.25) is 0 Å². The zero-order valence-electron chi connectivity index (χ0n) is 11.3. The lowest BCUT2D eigenvalue weighted by Gasteiger charge is -2.09. The van der Waals surface area contributed by atoms with Crippen molar-refractivity contribution in [1.29, 1.82) is 0 Å². The van der Waals surface area contributed by atoms with Crippen molar-refractivity contribution in [3.05, 3.63) is 16.9 Å². The van der Waals surface area contributed by atoms with Gasteiger partial charge in [-0.1, -0.05) is 11.3 Å². The van der Waals surface area contributed by atoms with E-state index >= 15 is 0 Å². The molecule has 2 aromatic rings. The number of aromatic nitrogens is 4. The van der Waals surface area contributed by atoms with Crippen molar-refractivity contribution in [1.82, 2.24) is 20.0 Å². The molecule has 8 heteroatoms. The number of amides is 2. The highest BCUT2D eigenvalue weighted by atomic mass is 32.1. The van der Waals surface area contributed by atoms with Crippen LogP contribution in [0.15, 0.2) is 5.51 Å². The number of carbonyl (C=O) groups excluding carboxylic acids is 1. The Kier molecular flexibility index (Phi) is 3.79. The second-order valence-electron chi connectivity index (χ2n) is 4.41. The maximum absolute atomic E-state index is 11.8. The van der Waals surface area contributed by atoms with E-state index in [-0.39, 0.29) is 12.1 Å². The van der Waals surface area contributed by atoms with Crippen LogP contribution in [0.25, 0.3) is 0 Å². The van der Waals surface area contributed by atoms with E-state index < -0.39 is 0 Å². The number of urea groups is 1. The van der Waals surface area contributed by atoms with Crippen LogP contribution in [0.3, 0.4) is 0 Å².